The van der Waals surface area contributed by atoms with Crippen LogP contribution in [0.3, 0.4) is 0 Å². The number of carbonyl (C=O) groups is 2. The van der Waals surface area contributed by atoms with E-state index in [1.807, 2.05) is 48.7 Å². The molecule has 1 aromatic heterocycles. The predicted octanol–water partition coefficient (Wildman–Crippen LogP) is 3.01. The zero-order valence-corrected chi connectivity index (χ0v) is 18.5. The van der Waals surface area contributed by atoms with E-state index in [9.17, 15) is 18.0 Å². The van der Waals surface area contributed by atoms with Gasteiger partial charge < -0.3 is 10.1 Å². The first-order valence-electron chi connectivity index (χ1n) is 9.45. The van der Waals surface area contributed by atoms with Crippen LogP contribution in [0.1, 0.15) is 26.4 Å². The summed E-state index contributed by atoms with van der Waals surface area (Å²) in [4.78, 5) is 25.0. The van der Waals surface area contributed by atoms with Crippen molar-refractivity contribution in [2.75, 3.05) is 6.61 Å². The minimum absolute atomic E-state index is 0.0466. The highest BCUT2D eigenvalue weighted by Crippen LogP contribution is 2.14. The van der Waals surface area contributed by atoms with Crippen LogP contribution in [0.25, 0.3) is 0 Å². The number of thiophene rings is 1. The SMILES string of the molecule is Cc1ccc(CNC(=O)COC(=O)c2cccc(S(=O)(=O)NCc3cccs3)c2)cc1. The van der Waals surface area contributed by atoms with Gasteiger partial charge in [-0.1, -0.05) is 42.0 Å². The zero-order chi connectivity index (χ0) is 22.3. The van der Waals surface area contributed by atoms with Gasteiger partial charge in [-0.3, -0.25) is 4.79 Å². The Hall–Kier alpha value is -3.01. The Labute approximate surface area is 185 Å². The summed E-state index contributed by atoms with van der Waals surface area (Å²) in [6.07, 6.45) is 0. The van der Waals surface area contributed by atoms with E-state index >= 15 is 0 Å². The lowest BCUT2D eigenvalue weighted by atomic mass is 10.1. The summed E-state index contributed by atoms with van der Waals surface area (Å²) in [6, 6.07) is 16.9. The lowest BCUT2D eigenvalue weighted by Crippen LogP contribution is -2.28. The molecule has 3 aromatic rings. The highest BCUT2D eigenvalue weighted by Gasteiger charge is 2.17. The van der Waals surface area contributed by atoms with Gasteiger partial charge in [0.2, 0.25) is 10.0 Å². The van der Waals surface area contributed by atoms with E-state index in [0.29, 0.717) is 6.54 Å². The number of rotatable bonds is 9. The Morgan fingerprint density at radius 2 is 1.77 bits per heavy atom. The molecular weight excluding hydrogens is 436 g/mol. The molecule has 0 radical (unpaired) electrons. The molecule has 2 N–H and O–H groups in total. The summed E-state index contributed by atoms with van der Waals surface area (Å²) in [6.45, 7) is 2.00. The maximum Gasteiger partial charge on any atom is 0.338 e. The number of hydrogen-bond acceptors (Lipinski definition) is 6. The summed E-state index contributed by atoms with van der Waals surface area (Å²) in [5, 5.41) is 4.53. The van der Waals surface area contributed by atoms with Gasteiger partial charge >= 0.3 is 5.97 Å². The summed E-state index contributed by atoms with van der Waals surface area (Å²) in [5.41, 5.74) is 2.10. The second-order valence-electron chi connectivity index (χ2n) is 6.77. The average Bonchev–Trinajstić information content (AvgIpc) is 3.30. The third-order valence-electron chi connectivity index (χ3n) is 4.34. The minimum atomic E-state index is -3.80. The molecule has 3 rings (SSSR count). The normalized spacial score (nSPS) is 11.1. The molecule has 1 amide bonds. The Morgan fingerprint density at radius 1 is 1.00 bits per heavy atom. The van der Waals surface area contributed by atoms with Crippen LogP contribution in [-0.2, 0) is 32.6 Å². The van der Waals surface area contributed by atoms with Crippen LogP contribution in [0.5, 0.6) is 0 Å². The summed E-state index contributed by atoms with van der Waals surface area (Å²) < 4.78 is 32.5. The van der Waals surface area contributed by atoms with Crippen LogP contribution in [0.2, 0.25) is 0 Å². The highest BCUT2D eigenvalue weighted by molar-refractivity contribution is 7.89. The average molecular weight is 459 g/mol. The molecule has 0 aliphatic heterocycles. The Balaban J connectivity index is 1.53. The summed E-state index contributed by atoms with van der Waals surface area (Å²) in [7, 11) is -3.80. The van der Waals surface area contributed by atoms with Crippen LogP contribution in [-0.4, -0.2) is 26.9 Å². The summed E-state index contributed by atoms with van der Waals surface area (Å²) >= 11 is 1.44. The first-order valence-corrected chi connectivity index (χ1v) is 11.8. The second-order valence-corrected chi connectivity index (χ2v) is 9.57. The maximum absolute atomic E-state index is 12.5. The van der Waals surface area contributed by atoms with Crippen molar-refractivity contribution in [2.45, 2.75) is 24.9 Å². The van der Waals surface area contributed by atoms with E-state index in [4.69, 9.17) is 4.74 Å². The number of carbonyl (C=O) groups excluding carboxylic acids is 2. The van der Waals surface area contributed by atoms with E-state index in [2.05, 4.69) is 10.0 Å². The minimum Gasteiger partial charge on any atom is -0.452 e. The third-order valence-corrected chi connectivity index (χ3v) is 6.62. The van der Waals surface area contributed by atoms with E-state index < -0.39 is 28.5 Å². The number of sulfonamides is 1. The molecule has 0 aliphatic carbocycles. The highest BCUT2D eigenvalue weighted by atomic mass is 32.2. The third kappa shape index (κ3) is 6.74. The number of aryl methyl sites for hydroxylation is 1. The van der Waals surface area contributed by atoms with Gasteiger partial charge in [-0.05, 0) is 42.1 Å². The molecule has 0 saturated carbocycles. The lowest BCUT2D eigenvalue weighted by Gasteiger charge is -2.09. The van der Waals surface area contributed by atoms with Crippen molar-refractivity contribution in [3.8, 4) is 0 Å². The van der Waals surface area contributed by atoms with E-state index in [0.717, 1.165) is 16.0 Å². The Kier molecular flexibility index (Phi) is 7.56. The van der Waals surface area contributed by atoms with Crippen molar-refractivity contribution in [1.82, 2.24) is 10.0 Å². The predicted molar refractivity (Wildman–Crippen MR) is 118 cm³/mol. The molecule has 162 valence electrons. The molecule has 0 spiro atoms. The standard InChI is InChI=1S/C22H22N2O5S2/c1-16-7-9-17(10-8-16)13-23-21(25)15-29-22(26)18-4-2-6-20(12-18)31(27,28)24-14-19-5-3-11-30-19/h2-12,24H,13-15H2,1H3,(H,23,25). The second kappa shape index (κ2) is 10.3. The fourth-order valence-corrected chi connectivity index (χ4v) is 4.41. The summed E-state index contributed by atoms with van der Waals surface area (Å²) in [5.74, 6) is -1.23. The van der Waals surface area contributed by atoms with Gasteiger partial charge in [0.1, 0.15) is 0 Å². The molecular formula is C22H22N2O5S2. The van der Waals surface area contributed by atoms with Gasteiger partial charge in [0.15, 0.2) is 6.61 Å². The van der Waals surface area contributed by atoms with Crippen LogP contribution in [0, 0.1) is 6.92 Å². The van der Waals surface area contributed by atoms with Crippen molar-refractivity contribution in [3.05, 3.63) is 87.6 Å². The smallest absolute Gasteiger partial charge is 0.338 e. The van der Waals surface area contributed by atoms with Crippen molar-refractivity contribution in [1.29, 1.82) is 0 Å². The maximum atomic E-state index is 12.5. The molecule has 0 unspecified atom stereocenters. The molecule has 31 heavy (non-hydrogen) atoms. The number of nitrogens with one attached hydrogen (secondary N) is 2. The number of benzene rings is 2. The van der Waals surface area contributed by atoms with Crippen molar-refractivity contribution in [3.63, 3.8) is 0 Å². The Morgan fingerprint density at radius 3 is 2.48 bits per heavy atom. The molecule has 0 aliphatic rings. The zero-order valence-electron chi connectivity index (χ0n) is 16.8. The fourth-order valence-electron chi connectivity index (χ4n) is 2.62. The van der Waals surface area contributed by atoms with Gasteiger partial charge in [-0.2, -0.15) is 0 Å². The van der Waals surface area contributed by atoms with E-state index in [1.54, 1.807) is 0 Å². The topological polar surface area (TPSA) is 102 Å². The number of amides is 1. The molecule has 7 nitrogen and oxygen atoms in total. The quantitative estimate of drug-likeness (QED) is 0.480. The largest absolute Gasteiger partial charge is 0.452 e. The molecule has 2 aromatic carbocycles. The molecule has 0 atom stereocenters. The van der Waals surface area contributed by atoms with Gasteiger partial charge in [-0.15, -0.1) is 11.3 Å². The molecule has 1 heterocycles. The Bertz CT molecular complexity index is 1140. The van der Waals surface area contributed by atoms with Crippen molar-refractivity contribution >= 4 is 33.2 Å². The van der Waals surface area contributed by atoms with E-state index in [1.165, 1.54) is 35.6 Å². The van der Waals surface area contributed by atoms with Gasteiger partial charge in [-0.25, -0.2) is 17.9 Å². The molecule has 0 fully saturated rings. The first-order chi connectivity index (χ1) is 14.8. The molecule has 0 saturated heterocycles. The number of hydrogen-bond donors (Lipinski definition) is 2. The lowest BCUT2D eigenvalue weighted by molar-refractivity contribution is -0.124. The van der Waals surface area contributed by atoms with Gasteiger partial charge in [0.05, 0.1) is 10.5 Å². The number of ether oxygens (including phenoxy) is 1. The van der Waals surface area contributed by atoms with Gasteiger partial charge in [0.25, 0.3) is 5.91 Å². The molecule has 0 bridgehead atoms. The fraction of sp³-hybridized carbons (Fsp3) is 0.182. The van der Waals surface area contributed by atoms with Crippen LogP contribution >= 0.6 is 11.3 Å². The van der Waals surface area contributed by atoms with Crippen LogP contribution < -0.4 is 10.0 Å². The van der Waals surface area contributed by atoms with Crippen LogP contribution in [0.15, 0.2) is 70.9 Å². The monoisotopic (exact) mass is 458 g/mol. The van der Waals surface area contributed by atoms with Crippen molar-refractivity contribution < 1.29 is 22.7 Å². The van der Waals surface area contributed by atoms with E-state index in [-0.39, 0.29) is 17.0 Å². The van der Waals surface area contributed by atoms with Gasteiger partial charge in [0, 0.05) is 18.0 Å². The molecule has 9 heteroatoms. The first kappa shape index (κ1) is 22.7. The number of esters is 1. The van der Waals surface area contributed by atoms with Crippen molar-refractivity contribution in [2.24, 2.45) is 0 Å². The van der Waals surface area contributed by atoms with Crippen LogP contribution in [0.4, 0.5) is 0 Å².